The Morgan fingerprint density at radius 3 is 2.28 bits per heavy atom. The zero-order valence-electron chi connectivity index (χ0n) is 19.1. The molecule has 0 spiro atoms. The van der Waals surface area contributed by atoms with Gasteiger partial charge < -0.3 is 14.7 Å². The fourth-order valence-electron chi connectivity index (χ4n) is 4.39. The van der Waals surface area contributed by atoms with Crippen molar-refractivity contribution < 1.29 is 29.3 Å². The number of benzene rings is 2. The van der Waals surface area contributed by atoms with Crippen molar-refractivity contribution in [2.75, 3.05) is 20.3 Å². The molecule has 2 fully saturated rings. The van der Waals surface area contributed by atoms with Crippen molar-refractivity contribution in [3.63, 3.8) is 0 Å². The number of nitro groups is 2. The van der Waals surface area contributed by atoms with E-state index in [-0.39, 0.29) is 35.8 Å². The monoisotopic (exact) mass is 514 g/mol. The van der Waals surface area contributed by atoms with Crippen molar-refractivity contribution in [3.8, 4) is 0 Å². The molecule has 2 aromatic rings. The molecule has 0 radical (unpaired) electrons. The van der Waals surface area contributed by atoms with Gasteiger partial charge in [-0.2, -0.15) is 0 Å². The number of rotatable bonds is 9. The minimum Gasteiger partial charge on any atom is -0.481 e. The molecule has 1 amide bonds. The maximum atomic E-state index is 12.9. The van der Waals surface area contributed by atoms with Crippen LogP contribution in [0.4, 0.5) is 11.4 Å². The fourth-order valence-corrected chi connectivity index (χ4v) is 6.18. The van der Waals surface area contributed by atoms with E-state index in [1.54, 1.807) is 12.1 Å². The Bertz CT molecular complexity index is 1220. The summed E-state index contributed by atoms with van der Waals surface area (Å²) in [5.74, 6) is -1.39. The van der Waals surface area contributed by atoms with Crippen LogP contribution in [0.15, 0.2) is 53.5 Å². The van der Waals surface area contributed by atoms with Gasteiger partial charge in [0.15, 0.2) is 6.04 Å². The van der Waals surface area contributed by atoms with Gasteiger partial charge >= 0.3 is 5.97 Å². The zero-order chi connectivity index (χ0) is 26.0. The number of carbonyl (C=O) groups excluding carboxylic acids is 1. The van der Waals surface area contributed by atoms with Crippen LogP contribution in [-0.4, -0.2) is 74.9 Å². The number of carboxylic acids is 1. The molecule has 0 bridgehead atoms. The number of aliphatic imine (C=N–C) groups is 1. The summed E-state index contributed by atoms with van der Waals surface area (Å²) in [6.07, 6.45) is 1.78. The number of nitro benzene ring substituents is 2. The lowest BCUT2D eigenvalue weighted by Gasteiger charge is -2.55. The molecule has 4 rings (SSSR count). The summed E-state index contributed by atoms with van der Waals surface area (Å²) in [6, 6.07) is 11.0. The lowest BCUT2D eigenvalue weighted by Crippen LogP contribution is -2.71. The van der Waals surface area contributed by atoms with E-state index in [1.807, 2.05) is 0 Å². The van der Waals surface area contributed by atoms with Crippen molar-refractivity contribution in [2.24, 2.45) is 10.4 Å². The summed E-state index contributed by atoms with van der Waals surface area (Å²) in [6.45, 7) is -0.159. The van der Waals surface area contributed by atoms with Gasteiger partial charge in [-0.3, -0.25) is 34.8 Å². The first-order valence-electron chi connectivity index (χ1n) is 10.9. The van der Waals surface area contributed by atoms with Crippen molar-refractivity contribution in [3.05, 3.63) is 79.9 Å². The average Bonchev–Trinajstić information content (AvgIpc) is 2.85. The van der Waals surface area contributed by atoms with Crippen molar-refractivity contribution in [2.45, 2.75) is 23.1 Å². The number of amides is 1. The number of methoxy groups -OCH3 is 1. The molecule has 2 aromatic carbocycles. The molecular formula is C23H22N4O8S. The number of β-lactam (4-membered cyclic amide) rings is 1. The van der Waals surface area contributed by atoms with Crippen molar-refractivity contribution >= 4 is 41.2 Å². The second kappa shape index (κ2) is 10.0. The Morgan fingerprint density at radius 1 is 1.17 bits per heavy atom. The molecule has 12 nitrogen and oxygen atoms in total. The predicted octanol–water partition coefficient (Wildman–Crippen LogP) is 2.53. The largest absolute Gasteiger partial charge is 0.481 e. The summed E-state index contributed by atoms with van der Waals surface area (Å²) in [4.78, 5) is 52.0. The summed E-state index contributed by atoms with van der Waals surface area (Å²) < 4.78 is 5.27. The van der Waals surface area contributed by atoms with Crippen LogP contribution in [0.5, 0.6) is 0 Å². The van der Waals surface area contributed by atoms with Crippen LogP contribution >= 0.6 is 11.8 Å². The molecule has 0 aliphatic carbocycles. The minimum atomic E-state index is -1.37. The lowest BCUT2D eigenvalue weighted by molar-refractivity contribution is -0.385. The topological polar surface area (TPSA) is 165 Å². The standard InChI is InChI=1S/C23H22N4O8S/c1-35-13-23(22(29)30)12-25-20(28)19(24-11-15-4-8-17(9-5-15)27(33)34)21(25)36-18(23)10-14-2-6-16(7-3-14)26(31)32/h2-9,11,18-19,21H,10,12-13H2,1H3,(H,29,30)/t18?,19?,21-,23?/m1/s1. The molecule has 3 unspecified atom stereocenters. The number of aliphatic carboxylic acids is 1. The van der Waals surface area contributed by atoms with Gasteiger partial charge in [0.1, 0.15) is 10.8 Å². The highest BCUT2D eigenvalue weighted by molar-refractivity contribution is 8.00. The van der Waals surface area contributed by atoms with Crippen LogP contribution < -0.4 is 0 Å². The van der Waals surface area contributed by atoms with E-state index >= 15 is 0 Å². The average molecular weight is 515 g/mol. The quantitative estimate of drug-likeness (QED) is 0.229. The van der Waals surface area contributed by atoms with Gasteiger partial charge in [0.05, 0.1) is 16.5 Å². The number of hydrogen-bond donors (Lipinski definition) is 1. The number of hydrogen-bond acceptors (Lipinski definition) is 9. The molecule has 2 saturated heterocycles. The van der Waals surface area contributed by atoms with E-state index in [9.17, 15) is 34.9 Å². The second-order valence-electron chi connectivity index (χ2n) is 8.58. The van der Waals surface area contributed by atoms with Crippen molar-refractivity contribution in [1.29, 1.82) is 0 Å². The molecule has 36 heavy (non-hydrogen) atoms. The number of carboxylic acid groups (broad SMARTS) is 1. The van der Waals surface area contributed by atoms with Crippen molar-refractivity contribution in [1.82, 2.24) is 4.90 Å². The number of nitrogens with zero attached hydrogens (tertiary/aromatic N) is 4. The highest BCUT2D eigenvalue weighted by Gasteiger charge is 2.61. The summed E-state index contributed by atoms with van der Waals surface area (Å²) in [5.41, 5.74) is -0.175. The van der Waals surface area contributed by atoms with E-state index in [4.69, 9.17) is 4.74 Å². The normalized spacial score (nSPS) is 25.3. The van der Waals surface area contributed by atoms with Crippen LogP contribution in [0.1, 0.15) is 11.1 Å². The summed E-state index contributed by atoms with van der Waals surface area (Å²) in [5, 5.41) is 31.1. The van der Waals surface area contributed by atoms with Gasteiger partial charge in [0.25, 0.3) is 17.3 Å². The molecule has 2 aliphatic heterocycles. The summed E-state index contributed by atoms with van der Waals surface area (Å²) >= 11 is 1.32. The predicted molar refractivity (Wildman–Crippen MR) is 130 cm³/mol. The maximum absolute atomic E-state index is 12.9. The highest BCUT2D eigenvalue weighted by Crippen LogP contribution is 2.49. The zero-order valence-corrected chi connectivity index (χ0v) is 19.9. The molecule has 0 aromatic heterocycles. The third-order valence-electron chi connectivity index (χ3n) is 6.37. The van der Waals surface area contributed by atoms with Gasteiger partial charge in [-0.25, -0.2) is 0 Å². The lowest BCUT2D eigenvalue weighted by atomic mass is 9.79. The fraction of sp³-hybridized carbons (Fsp3) is 0.348. The van der Waals surface area contributed by atoms with E-state index < -0.39 is 32.5 Å². The first-order chi connectivity index (χ1) is 17.2. The maximum Gasteiger partial charge on any atom is 0.314 e. The number of carbonyl (C=O) groups is 2. The second-order valence-corrected chi connectivity index (χ2v) is 9.90. The molecule has 4 atom stereocenters. The molecule has 188 valence electrons. The molecule has 13 heteroatoms. The highest BCUT2D eigenvalue weighted by atomic mass is 32.2. The SMILES string of the molecule is COCC1(C(=O)O)CN2C(=O)C(N=Cc3ccc([N+](=O)[O-])cc3)[C@H]2SC1Cc1ccc([N+](=O)[O-])cc1. The Hall–Kier alpha value is -3.84. The third kappa shape index (κ3) is 4.66. The van der Waals surface area contributed by atoms with Crippen LogP contribution in [0, 0.1) is 25.6 Å². The van der Waals surface area contributed by atoms with E-state index in [0.717, 1.165) is 5.56 Å². The van der Waals surface area contributed by atoms with Crippen LogP contribution in [-0.2, 0) is 20.7 Å². The third-order valence-corrected chi connectivity index (χ3v) is 8.11. The number of ether oxygens (including phenoxy) is 1. The summed E-state index contributed by atoms with van der Waals surface area (Å²) in [7, 11) is 1.40. The first kappa shape index (κ1) is 25.3. The van der Waals surface area contributed by atoms with E-state index in [0.29, 0.717) is 12.0 Å². The van der Waals surface area contributed by atoms with Crippen LogP contribution in [0.2, 0.25) is 0 Å². The number of non-ortho nitro benzene ring substituents is 2. The molecule has 2 heterocycles. The Kier molecular flexibility index (Phi) is 7.04. The number of thioether (sulfide) groups is 1. The van der Waals surface area contributed by atoms with E-state index in [1.165, 1.54) is 66.4 Å². The van der Waals surface area contributed by atoms with Gasteiger partial charge in [0.2, 0.25) is 0 Å². The van der Waals surface area contributed by atoms with Crippen LogP contribution in [0.3, 0.4) is 0 Å². The van der Waals surface area contributed by atoms with Gasteiger partial charge in [-0.1, -0.05) is 12.1 Å². The minimum absolute atomic E-state index is 0.0477. The van der Waals surface area contributed by atoms with Crippen LogP contribution in [0.25, 0.3) is 0 Å². The Balaban J connectivity index is 1.56. The Morgan fingerprint density at radius 2 is 1.75 bits per heavy atom. The Labute approximate surface area is 209 Å². The molecule has 1 N–H and O–H groups in total. The van der Waals surface area contributed by atoms with Gasteiger partial charge in [0, 0.05) is 49.4 Å². The van der Waals surface area contributed by atoms with Gasteiger partial charge in [-0.05, 0) is 29.7 Å². The number of fused-ring (bicyclic) bond motifs is 1. The molecule has 0 saturated carbocycles. The van der Waals surface area contributed by atoms with Gasteiger partial charge in [-0.15, -0.1) is 11.8 Å². The smallest absolute Gasteiger partial charge is 0.314 e. The van der Waals surface area contributed by atoms with E-state index in [2.05, 4.69) is 4.99 Å². The molecular weight excluding hydrogens is 492 g/mol. The first-order valence-corrected chi connectivity index (χ1v) is 11.8. The molecule has 2 aliphatic rings.